The summed E-state index contributed by atoms with van der Waals surface area (Å²) in [5, 5.41) is 0. The van der Waals surface area contributed by atoms with Crippen LogP contribution in [0.4, 0.5) is 0 Å². The van der Waals surface area contributed by atoms with Gasteiger partial charge in [0.2, 0.25) is 0 Å². The van der Waals surface area contributed by atoms with E-state index in [9.17, 15) is 4.79 Å². The van der Waals surface area contributed by atoms with Crippen molar-refractivity contribution in [1.29, 1.82) is 0 Å². The highest BCUT2D eigenvalue weighted by atomic mass is 16.6. The third kappa shape index (κ3) is 8.35. The predicted molar refractivity (Wildman–Crippen MR) is 66.9 cm³/mol. The van der Waals surface area contributed by atoms with Gasteiger partial charge in [0.05, 0.1) is 0 Å². The number of hydrogen-bond acceptors (Lipinski definition) is 2. The Kier molecular flexibility index (Phi) is 6.18. The molecule has 2 nitrogen and oxygen atoms in total. The van der Waals surface area contributed by atoms with E-state index in [4.69, 9.17) is 4.74 Å². The van der Waals surface area contributed by atoms with Gasteiger partial charge in [0.15, 0.2) is 0 Å². The monoisotopic (exact) mass is 224 g/mol. The zero-order valence-electron chi connectivity index (χ0n) is 11.4. The van der Waals surface area contributed by atoms with Crippen molar-refractivity contribution in [2.24, 2.45) is 11.8 Å². The summed E-state index contributed by atoms with van der Waals surface area (Å²) in [6, 6.07) is 0. The molecule has 1 unspecified atom stereocenters. The molecular formula is C14H24O2. The van der Waals surface area contributed by atoms with Crippen LogP contribution in [0.2, 0.25) is 0 Å². The lowest BCUT2D eigenvalue weighted by Crippen LogP contribution is -2.22. The molecule has 0 amide bonds. The Morgan fingerprint density at radius 1 is 1.31 bits per heavy atom. The minimum Gasteiger partial charge on any atom is -0.450 e. The van der Waals surface area contributed by atoms with Crippen LogP contribution in [0.3, 0.4) is 0 Å². The van der Waals surface area contributed by atoms with Gasteiger partial charge in [0, 0.05) is 11.8 Å². The first-order valence-corrected chi connectivity index (χ1v) is 5.99. The minimum absolute atomic E-state index is 0.299. The summed E-state index contributed by atoms with van der Waals surface area (Å²) in [7, 11) is 0. The molecular weight excluding hydrogens is 200 g/mol. The lowest BCUT2D eigenvalue weighted by Gasteiger charge is -2.17. The third-order valence-electron chi connectivity index (χ3n) is 2.03. The van der Waals surface area contributed by atoms with Crippen LogP contribution < -0.4 is 0 Å². The van der Waals surface area contributed by atoms with E-state index in [1.165, 1.54) is 0 Å². The van der Waals surface area contributed by atoms with Crippen LogP contribution in [0.25, 0.3) is 0 Å². The van der Waals surface area contributed by atoms with Crippen LogP contribution in [0, 0.1) is 23.7 Å². The number of ether oxygens (including phenoxy) is 1. The first kappa shape index (κ1) is 15.0. The van der Waals surface area contributed by atoms with Gasteiger partial charge in [0.25, 0.3) is 0 Å². The summed E-state index contributed by atoms with van der Waals surface area (Å²) >= 11 is 0. The summed E-state index contributed by atoms with van der Waals surface area (Å²) in [4.78, 5) is 11.4. The van der Waals surface area contributed by atoms with Crippen molar-refractivity contribution in [2.45, 2.75) is 60.0 Å². The van der Waals surface area contributed by atoms with Crippen LogP contribution in [-0.4, -0.2) is 11.6 Å². The molecule has 0 aromatic carbocycles. The van der Waals surface area contributed by atoms with Crippen LogP contribution >= 0.6 is 0 Å². The number of hydrogen-bond donors (Lipinski definition) is 0. The van der Waals surface area contributed by atoms with Gasteiger partial charge in [0.1, 0.15) is 5.60 Å². The standard InChI is InChI=1S/C14H24O2/c1-7-12(10-11(2)3)8-9-13(15)16-14(4,5)6/h11-12H,7,10H2,1-6H3. The molecule has 0 saturated heterocycles. The molecule has 0 spiro atoms. The van der Waals surface area contributed by atoms with Gasteiger partial charge in [-0.05, 0) is 39.5 Å². The molecule has 0 bridgehead atoms. The van der Waals surface area contributed by atoms with Gasteiger partial charge in [-0.25, -0.2) is 4.79 Å². The van der Waals surface area contributed by atoms with Gasteiger partial charge in [-0.15, -0.1) is 0 Å². The molecule has 2 heteroatoms. The molecule has 0 aromatic rings. The molecule has 0 rings (SSSR count). The average Bonchev–Trinajstić information content (AvgIpc) is 2.08. The van der Waals surface area contributed by atoms with Crippen LogP contribution in [0.5, 0.6) is 0 Å². The average molecular weight is 224 g/mol. The van der Waals surface area contributed by atoms with Crippen LogP contribution in [0.15, 0.2) is 0 Å². The lowest BCUT2D eigenvalue weighted by molar-refractivity contribution is -0.147. The molecule has 0 N–H and O–H groups in total. The highest BCUT2D eigenvalue weighted by molar-refractivity contribution is 5.88. The Morgan fingerprint density at radius 2 is 1.88 bits per heavy atom. The Balaban J connectivity index is 4.29. The highest BCUT2D eigenvalue weighted by Crippen LogP contribution is 2.14. The molecule has 0 aliphatic carbocycles. The molecule has 16 heavy (non-hydrogen) atoms. The van der Waals surface area contributed by atoms with Crippen molar-refractivity contribution in [3.63, 3.8) is 0 Å². The topological polar surface area (TPSA) is 26.3 Å². The molecule has 0 heterocycles. The van der Waals surface area contributed by atoms with Crippen LogP contribution in [-0.2, 0) is 9.53 Å². The van der Waals surface area contributed by atoms with Crippen LogP contribution in [0.1, 0.15) is 54.4 Å². The van der Waals surface area contributed by atoms with E-state index in [1.54, 1.807) is 0 Å². The highest BCUT2D eigenvalue weighted by Gasteiger charge is 2.14. The number of esters is 1. The second-order valence-corrected chi connectivity index (χ2v) is 5.51. The normalized spacial score (nSPS) is 12.9. The van der Waals surface area contributed by atoms with Gasteiger partial charge >= 0.3 is 5.97 Å². The van der Waals surface area contributed by atoms with Gasteiger partial charge in [-0.2, -0.15) is 0 Å². The largest absolute Gasteiger partial charge is 0.450 e. The molecule has 0 saturated carbocycles. The van der Waals surface area contributed by atoms with Crippen molar-refractivity contribution in [3.8, 4) is 11.8 Å². The van der Waals surface area contributed by atoms with Gasteiger partial charge in [-0.1, -0.05) is 26.7 Å². The minimum atomic E-state index is -0.453. The zero-order chi connectivity index (χ0) is 12.8. The molecule has 0 aromatic heterocycles. The Hall–Kier alpha value is -0.970. The summed E-state index contributed by atoms with van der Waals surface area (Å²) in [6.07, 6.45) is 2.01. The Bertz CT molecular complexity index is 273. The maximum Gasteiger partial charge on any atom is 0.384 e. The van der Waals surface area contributed by atoms with E-state index in [0.717, 1.165) is 12.8 Å². The van der Waals surface area contributed by atoms with Gasteiger partial charge < -0.3 is 4.74 Å². The maximum absolute atomic E-state index is 11.4. The second-order valence-electron chi connectivity index (χ2n) is 5.51. The summed E-state index contributed by atoms with van der Waals surface area (Å²) in [6.45, 7) is 12.0. The van der Waals surface area contributed by atoms with Crippen molar-refractivity contribution < 1.29 is 9.53 Å². The summed E-state index contributed by atoms with van der Waals surface area (Å²) < 4.78 is 5.13. The predicted octanol–water partition coefficient (Wildman–Crippen LogP) is 3.40. The zero-order valence-corrected chi connectivity index (χ0v) is 11.4. The lowest BCUT2D eigenvalue weighted by atomic mass is 9.95. The van der Waals surface area contributed by atoms with Crippen molar-refractivity contribution in [3.05, 3.63) is 0 Å². The number of rotatable bonds is 3. The molecule has 0 radical (unpaired) electrons. The molecule has 1 atom stereocenters. The molecule has 0 fully saturated rings. The Labute approximate surface area is 99.8 Å². The van der Waals surface area contributed by atoms with Crippen molar-refractivity contribution in [2.75, 3.05) is 0 Å². The summed E-state index contributed by atoms with van der Waals surface area (Å²) in [5.74, 6) is 6.07. The van der Waals surface area contributed by atoms with E-state index in [1.807, 2.05) is 20.8 Å². The SMILES string of the molecule is CCC(C#CC(=O)OC(C)(C)C)CC(C)C. The fourth-order valence-corrected chi connectivity index (χ4v) is 1.36. The third-order valence-corrected chi connectivity index (χ3v) is 2.03. The van der Waals surface area contributed by atoms with E-state index >= 15 is 0 Å². The molecule has 0 aliphatic heterocycles. The fourth-order valence-electron chi connectivity index (χ4n) is 1.36. The maximum atomic E-state index is 11.4. The fraction of sp³-hybridized carbons (Fsp3) is 0.786. The summed E-state index contributed by atoms with van der Waals surface area (Å²) in [5.41, 5.74) is -0.453. The Morgan fingerprint density at radius 3 is 2.25 bits per heavy atom. The van der Waals surface area contributed by atoms with Crippen molar-refractivity contribution >= 4 is 5.97 Å². The van der Waals surface area contributed by atoms with E-state index in [-0.39, 0.29) is 0 Å². The van der Waals surface area contributed by atoms with E-state index in [2.05, 4.69) is 32.6 Å². The second kappa shape index (κ2) is 6.58. The smallest absolute Gasteiger partial charge is 0.384 e. The molecule has 92 valence electrons. The first-order valence-electron chi connectivity index (χ1n) is 5.99. The van der Waals surface area contributed by atoms with E-state index in [0.29, 0.717) is 11.8 Å². The molecule has 0 aliphatic rings. The number of carbonyl (C=O) groups is 1. The van der Waals surface area contributed by atoms with E-state index < -0.39 is 11.6 Å². The van der Waals surface area contributed by atoms with Crippen molar-refractivity contribution in [1.82, 2.24) is 0 Å². The quantitative estimate of drug-likeness (QED) is 0.417. The van der Waals surface area contributed by atoms with Gasteiger partial charge in [-0.3, -0.25) is 0 Å². The first-order chi connectivity index (χ1) is 7.24. The number of carbonyl (C=O) groups excluding carboxylic acids is 1.